The van der Waals surface area contributed by atoms with Crippen molar-refractivity contribution in [3.63, 3.8) is 0 Å². The molecule has 0 bridgehead atoms. The molecule has 1 atom stereocenters. The van der Waals surface area contributed by atoms with Gasteiger partial charge in [-0.1, -0.05) is 71.8 Å². The van der Waals surface area contributed by atoms with Gasteiger partial charge >= 0.3 is 0 Å². The van der Waals surface area contributed by atoms with E-state index in [4.69, 9.17) is 23.2 Å². The molecule has 0 aliphatic heterocycles. The second kappa shape index (κ2) is 6.05. The summed E-state index contributed by atoms with van der Waals surface area (Å²) in [7, 11) is 0. The SMILES string of the molecule is OC(/C=C/c1ccc(Cl)c(Cl)c1)c1ccccc1. The molecule has 1 unspecified atom stereocenters. The van der Waals surface area contributed by atoms with Gasteiger partial charge in [-0.3, -0.25) is 0 Å². The van der Waals surface area contributed by atoms with Crippen molar-refractivity contribution in [2.75, 3.05) is 0 Å². The van der Waals surface area contributed by atoms with Crippen molar-refractivity contribution in [3.8, 4) is 0 Å². The first-order chi connectivity index (χ1) is 8.66. The van der Waals surface area contributed by atoms with Crippen LogP contribution in [0.5, 0.6) is 0 Å². The van der Waals surface area contributed by atoms with E-state index < -0.39 is 6.10 Å². The Kier molecular flexibility index (Phi) is 4.43. The molecule has 0 spiro atoms. The number of hydrogen-bond acceptors (Lipinski definition) is 1. The molecule has 0 saturated heterocycles. The first kappa shape index (κ1) is 13.2. The van der Waals surface area contributed by atoms with Crippen molar-refractivity contribution in [1.29, 1.82) is 0 Å². The zero-order chi connectivity index (χ0) is 13.0. The lowest BCUT2D eigenvalue weighted by Gasteiger charge is -2.05. The van der Waals surface area contributed by atoms with Crippen LogP contribution in [0.2, 0.25) is 10.0 Å². The van der Waals surface area contributed by atoms with Gasteiger partial charge < -0.3 is 5.11 Å². The molecule has 92 valence electrons. The molecule has 18 heavy (non-hydrogen) atoms. The monoisotopic (exact) mass is 278 g/mol. The average molecular weight is 279 g/mol. The highest BCUT2D eigenvalue weighted by molar-refractivity contribution is 6.42. The highest BCUT2D eigenvalue weighted by atomic mass is 35.5. The minimum Gasteiger partial charge on any atom is -0.384 e. The van der Waals surface area contributed by atoms with Crippen LogP contribution in [-0.4, -0.2) is 5.11 Å². The number of hydrogen-bond donors (Lipinski definition) is 1. The van der Waals surface area contributed by atoms with Crippen LogP contribution in [0.25, 0.3) is 6.08 Å². The van der Waals surface area contributed by atoms with Gasteiger partial charge in [-0.15, -0.1) is 0 Å². The lowest BCUT2D eigenvalue weighted by molar-refractivity contribution is 0.229. The summed E-state index contributed by atoms with van der Waals surface area (Å²) in [5.41, 5.74) is 1.76. The van der Waals surface area contributed by atoms with Gasteiger partial charge in [0.25, 0.3) is 0 Å². The molecule has 0 radical (unpaired) electrons. The number of rotatable bonds is 3. The summed E-state index contributed by atoms with van der Waals surface area (Å²) in [6, 6.07) is 14.8. The third-order valence-corrected chi connectivity index (χ3v) is 3.29. The smallest absolute Gasteiger partial charge is 0.0975 e. The van der Waals surface area contributed by atoms with E-state index in [1.807, 2.05) is 42.5 Å². The largest absolute Gasteiger partial charge is 0.384 e. The fourth-order valence-corrected chi connectivity index (χ4v) is 1.89. The Labute approximate surface area is 116 Å². The molecule has 0 aliphatic rings. The Morgan fingerprint density at radius 2 is 1.67 bits per heavy atom. The zero-order valence-corrected chi connectivity index (χ0v) is 11.1. The van der Waals surface area contributed by atoms with Crippen molar-refractivity contribution in [3.05, 3.63) is 75.8 Å². The van der Waals surface area contributed by atoms with Gasteiger partial charge in [0, 0.05) is 0 Å². The topological polar surface area (TPSA) is 20.2 Å². The number of benzene rings is 2. The second-order valence-corrected chi connectivity index (χ2v) is 4.70. The number of aliphatic hydroxyl groups excluding tert-OH is 1. The van der Waals surface area contributed by atoms with Crippen molar-refractivity contribution >= 4 is 29.3 Å². The van der Waals surface area contributed by atoms with E-state index in [0.29, 0.717) is 10.0 Å². The van der Waals surface area contributed by atoms with Crippen LogP contribution in [0.1, 0.15) is 17.2 Å². The Morgan fingerprint density at radius 3 is 2.33 bits per heavy atom. The maximum absolute atomic E-state index is 9.96. The molecule has 3 heteroatoms. The van der Waals surface area contributed by atoms with Crippen LogP contribution >= 0.6 is 23.2 Å². The summed E-state index contributed by atoms with van der Waals surface area (Å²) < 4.78 is 0. The molecule has 1 N–H and O–H groups in total. The Bertz CT molecular complexity index is 550. The predicted octanol–water partition coefficient (Wildman–Crippen LogP) is 4.74. The molecule has 0 saturated carbocycles. The molecule has 0 fully saturated rings. The minimum atomic E-state index is -0.624. The maximum Gasteiger partial charge on any atom is 0.0975 e. The molecule has 0 aliphatic carbocycles. The first-order valence-corrected chi connectivity index (χ1v) is 6.28. The Morgan fingerprint density at radius 1 is 0.944 bits per heavy atom. The highest BCUT2D eigenvalue weighted by Crippen LogP contribution is 2.24. The lowest BCUT2D eigenvalue weighted by Crippen LogP contribution is -1.91. The normalized spacial score (nSPS) is 12.8. The van der Waals surface area contributed by atoms with Crippen LogP contribution in [0, 0.1) is 0 Å². The van der Waals surface area contributed by atoms with E-state index in [-0.39, 0.29) is 0 Å². The first-order valence-electron chi connectivity index (χ1n) is 5.53. The van der Waals surface area contributed by atoms with E-state index in [9.17, 15) is 5.11 Å². The lowest BCUT2D eigenvalue weighted by atomic mass is 10.1. The zero-order valence-electron chi connectivity index (χ0n) is 9.55. The van der Waals surface area contributed by atoms with Crippen LogP contribution in [-0.2, 0) is 0 Å². The van der Waals surface area contributed by atoms with Crippen molar-refractivity contribution in [2.45, 2.75) is 6.10 Å². The van der Waals surface area contributed by atoms with Crippen LogP contribution in [0.4, 0.5) is 0 Å². The molecule has 0 amide bonds. The molecular formula is C15H12Cl2O. The predicted molar refractivity (Wildman–Crippen MR) is 76.9 cm³/mol. The molecule has 2 aromatic carbocycles. The quantitative estimate of drug-likeness (QED) is 0.860. The van der Waals surface area contributed by atoms with Gasteiger partial charge in [-0.05, 0) is 23.3 Å². The van der Waals surface area contributed by atoms with E-state index in [2.05, 4.69) is 0 Å². The third kappa shape index (κ3) is 3.36. The fourth-order valence-electron chi connectivity index (χ4n) is 1.58. The van der Waals surface area contributed by atoms with Crippen molar-refractivity contribution < 1.29 is 5.11 Å². The number of halogens is 2. The summed E-state index contributed by atoms with van der Waals surface area (Å²) in [6.07, 6.45) is 2.91. The summed E-state index contributed by atoms with van der Waals surface area (Å²) in [5.74, 6) is 0. The van der Waals surface area contributed by atoms with Gasteiger partial charge in [-0.2, -0.15) is 0 Å². The van der Waals surface area contributed by atoms with Gasteiger partial charge in [0.2, 0.25) is 0 Å². The fraction of sp³-hybridized carbons (Fsp3) is 0.0667. The Hall–Kier alpha value is -1.28. The van der Waals surface area contributed by atoms with Crippen LogP contribution in [0.15, 0.2) is 54.6 Å². The summed E-state index contributed by atoms with van der Waals surface area (Å²) in [4.78, 5) is 0. The minimum absolute atomic E-state index is 0.507. The van der Waals surface area contributed by atoms with Gasteiger partial charge in [0.15, 0.2) is 0 Å². The molecule has 2 rings (SSSR count). The average Bonchev–Trinajstić information content (AvgIpc) is 2.41. The van der Waals surface area contributed by atoms with Crippen LogP contribution < -0.4 is 0 Å². The van der Waals surface area contributed by atoms with Crippen molar-refractivity contribution in [2.24, 2.45) is 0 Å². The summed E-state index contributed by atoms with van der Waals surface area (Å²) in [5, 5.41) is 11.0. The van der Waals surface area contributed by atoms with Crippen LogP contribution in [0.3, 0.4) is 0 Å². The van der Waals surface area contributed by atoms with Gasteiger partial charge in [0.1, 0.15) is 0 Å². The molecule has 0 heterocycles. The summed E-state index contributed by atoms with van der Waals surface area (Å²) in [6.45, 7) is 0. The summed E-state index contributed by atoms with van der Waals surface area (Å²) >= 11 is 11.8. The van der Waals surface area contributed by atoms with E-state index in [1.54, 1.807) is 18.2 Å². The van der Waals surface area contributed by atoms with Gasteiger partial charge in [0.05, 0.1) is 16.1 Å². The Balaban J connectivity index is 2.13. The number of aliphatic hydroxyl groups is 1. The van der Waals surface area contributed by atoms with E-state index in [0.717, 1.165) is 11.1 Å². The molecular weight excluding hydrogens is 267 g/mol. The molecule has 0 aromatic heterocycles. The van der Waals surface area contributed by atoms with E-state index >= 15 is 0 Å². The standard InChI is InChI=1S/C15H12Cl2O/c16-13-8-6-11(10-14(13)17)7-9-15(18)12-4-2-1-3-5-12/h1-10,15,18H/b9-7+. The maximum atomic E-state index is 9.96. The molecule has 1 nitrogen and oxygen atoms in total. The third-order valence-electron chi connectivity index (χ3n) is 2.56. The van der Waals surface area contributed by atoms with Gasteiger partial charge in [-0.25, -0.2) is 0 Å². The van der Waals surface area contributed by atoms with Crippen molar-refractivity contribution in [1.82, 2.24) is 0 Å². The highest BCUT2D eigenvalue weighted by Gasteiger charge is 2.02. The molecule has 2 aromatic rings. The van der Waals surface area contributed by atoms with E-state index in [1.165, 1.54) is 0 Å². The second-order valence-electron chi connectivity index (χ2n) is 3.89.